The first-order chi connectivity index (χ1) is 7.84. The first-order valence-electron chi connectivity index (χ1n) is 6.15. The van der Waals surface area contributed by atoms with Crippen molar-refractivity contribution in [2.75, 3.05) is 6.54 Å². The van der Waals surface area contributed by atoms with E-state index in [0.29, 0.717) is 6.42 Å². The Morgan fingerprint density at radius 1 is 1.25 bits per heavy atom. The number of hydrogen-bond donors (Lipinski definition) is 1. The van der Waals surface area contributed by atoms with Gasteiger partial charge in [-0.25, -0.2) is 0 Å². The Morgan fingerprint density at radius 3 is 2.69 bits per heavy atom. The normalized spacial score (nSPS) is 14.8. The van der Waals surface area contributed by atoms with Crippen LogP contribution in [0.4, 0.5) is 0 Å². The average Bonchev–Trinajstić information content (AvgIpc) is 3.10. The maximum Gasteiger partial charge on any atom is 0.224 e. The van der Waals surface area contributed by atoms with Crippen molar-refractivity contribution in [3.8, 4) is 0 Å². The maximum absolute atomic E-state index is 11.6. The Balaban J connectivity index is 1.60. The molecular formula is C14H19NO. The van der Waals surface area contributed by atoms with Gasteiger partial charge in [0.15, 0.2) is 0 Å². The number of hydrogen-bond acceptors (Lipinski definition) is 1. The lowest BCUT2D eigenvalue weighted by atomic mass is 10.1. The zero-order chi connectivity index (χ0) is 11.2. The minimum absolute atomic E-state index is 0.141. The molecule has 0 bridgehead atoms. The fourth-order valence-corrected chi connectivity index (χ4v) is 1.87. The van der Waals surface area contributed by atoms with Crippen molar-refractivity contribution in [1.29, 1.82) is 0 Å². The Kier molecular flexibility index (Phi) is 3.97. The fraction of sp³-hybridized carbons (Fsp3) is 0.500. The van der Waals surface area contributed by atoms with Crippen LogP contribution in [0.3, 0.4) is 0 Å². The first kappa shape index (κ1) is 11.2. The highest BCUT2D eigenvalue weighted by molar-refractivity contribution is 5.78. The van der Waals surface area contributed by atoms with Crippen LogP contribution in [0.2, 0.25) is 0 Å². The monoisotopic (exact) mass is 217 g/mol. The second-order valence-corrected chi connectivity index (χ2v) is 4.60. The van der Waals surface area contributed by atoms with Crippen LogP contribution in [0.5, 0.6) is 0 Å². The van der Waals surface area contributed by atoms with Gasteiger partial charge in [-0.05, 0) is 24.3 Å². The average molecular weight is 217 g/mol. The van der Waals surface area contributed by atoms with Crippen LogP contribution in [-0.4, -0.2) is 12.5 Å². The van der Waals surface area contributed by atoms with E-state index in [1.165, 1.54) is 19.3 Å². The van der Waals surface area contributed by atoms with Gasteiger partial charge in [0.1, 0.15) is 0 Å². The lowest BCUT2D eigenvalue weighted by molar-refractivity contribution is -0.120. The number of carbonyl (C=O) groups is 1. The molecule has 2 nitrogen and oxygen atoms in total. The Hall–Kier alpha value is -1.31. The molecule has 1 aliphatic carbocycles. The van der Waals surface area contributed by atoms with Crippen molar-refractivity contribution in [2.45, 2.75) is 32.1 Å². The second kappa shape index (κ2) is 5.69. The summed E-state index contributed by atoms with van der Waals surface area (Å²) in [4.78, 5) is 11.6. The number of rotatable bonds is 6. The van der Waals surface area contributed by atoms with Crippen molar-refractivity contribution in [1.82, 2.24) is 5.32 Å². The van der Waals surface area contributed by atoms with Gasteiger partial charge in [0, 0.05) is 6.54 Å². The zero-order valence-electron chi connectivity index (χ0n) is 9.61. The number of amides is 1. The fourth-order valence-electron chi connectivity index (χ4n) is 1.87. The van der Waals surface area contributed by atoms with Gasteiger partial charge in [-0.15, -0.1) is 0 Å². The molecule has 1 aliphatic rings. The van der Waals surface area contributed by atoms with Gasteiger partial charge in [-0.2, -0.15) is 0 Å². The van der Waals surface area contributed by atoms with E-state index in [2.05, 4.69) is 5.32 Å². The standard InChI is InChI=1S/C14H19NO/c16-14(11-13-5-2-1-3-6-13)15-10-4-7-12-8-9-12/h1-3,5-6,12H,4,7-11H2,(H,15,16). The van der Waals surface area contributed by atoms with Gasteiger partial charge in [0.05, 0.1) is 6.42 Å². The van der Waals surface area contributed by atoms with Crippen LogP contribution in [0.15, 0.2) is 30.3 Å². The van der Waals surface area contributed by atoms with Gasteiger partial charge < -0.3 is 5.32 Å². The van der Waals surface area contributed by atoms with Gasteiger partial charge in [-0.1, -0.05) is 43.2 Å². The summed E-state index contributed by atoms with van der Waals surface area (Å²) >= 11 is 0. The summed E-state index contributed by atoms with van der Waals surface area (Å²) in [7, 11) is 0. The van der Waals surface area contributed by atoms with E-state index in [-0.39, 0.29) is 5.91 Å². The minimum atomic E-state index is 0.141. The molecule has 1 aromatic carbocycles. The number of benzene rings is 1. The summed E-state index contributed by atoms with van der Waals surface area (Å²) in [5.41, 5.74) is 1.09. The molecule has 1 N–H and O–H groups in total. The van der Waals surface area contributed by atoms with Gasteiger partial charge in [0.2, 0.25) is 5.91 Å². The molecule has 16 heavy (non-hydrogen) atoms. The van der Waals surface area contributed by atoms with Gasteiger partial charge in [-0.3, -0.25) is 4.79 Å². The maximum atomic E-state index is 11.6. The summed E-state index contributed by atoms with van der Waals surface area (Å²) < 4.78 is 0. The number of nitrogens with one attached hydrogen (secondary N) is 1. The lowest BCUT2D eigenvalue weighted by Crippen LogP contribution is -2.26. The summed E-state index contributed by atoms with van der Waals surface area (Å²) in [5, 5.41) is 2.98. The third kappa shape index (κ3) is 4.05. The predicted octanol–water partition coefficient (Wildman–Crippen LogP) is 2.54. The summed E-state index contributed by atoms with van der Waals surface area (Å²) in [6.07, 6.45) is 5.72. The molecular weight excluding hydrogens is 198 g/mol. The first-order valence-corrected chi connectivity index (χ1v) is 6.15. The summed E-state index contributed by atoms with van der Waals surface area (Å²) in [6, 6.07) is 9.88. The quantitative estimate of drug-likeness (QED) is 0.729. The molecule has 0 unspecified atom stereocenters. The van der Waals surface area contributed by atoms with Crippen LogP contribution in [0, 0.1) is 5.92 Å². The molecule has 0 aromatic heterocycles. The van der Waals surface area contributed by atoms with Crippen LogP contribution in [0.1, 0.15) is 31.2 Å². The molecule has 86 valence electrons. The molecule has 0 spiro atoms. The van der Waals surface area contributed by atoms with E-state index >= 15 is 0 Å². The molecule has 0 radical (unpaired) electrons. The Morgan fingerprint density at radius 2 is 2.00 bits per heavy atom. The van der Waals surface area contributed by atoms with E-state index in [1.54, 1.807) is 0 Å². The SMILES string of the molecule is O=C(Cc1ccccc1)NCCCC1CC1. The van der Waals surface area contributed by atoms with Crippen LogP contribution >= 0.6 is 0 Å². The van der Waals surface area contributed by atoms with Crippen molar-refractivity contribution in [3.63, 3.8) is 0 Å². The third-order valence-electron chi connectivity index (χ3n) is 3.02. The Bertz CT molecular complexity index is 330. The largest absolute Gasteiger partial charge is 0.356 e. The van der Waals surface area contributed by atoms with E-state index in [1.807, 2.05) is 30.3 Å². The molecule has 0 heterocycles. The van der Waals surface area contributed by atoms with E-state index in [4.69, 9.17) is 0 Å². The molecule has 1 fully saturated rings. The number of carbonyl (C=O) groups excluding carboxylic acids is 1. The molecule has 0 saturated heterocycles. The molecule has 2 heteroatoms. The molecule has 1 amide bonds. The Labute approximate surface area is 97.1 Å². The summed E-state index contributed by atoms with van der Waals surface area (Å²) in [5.74, 6) is 1.10. The lowest BCUT2D eigenvalue weighted by Gasteiger charge is -2.04. The van der Waals surface area contributed by atoms with Crippen molar-refractivity contribution in [2.24, 2.45) is 5.92 Å². The molecule has 0 atom stereocenters. The van der Waals surface area contributed by atoms with Crippen LogP contribution in [-0.2, 0) is 11.2 Å². The van der Waals surface area contributed by atoms with Crippen molar-refractivity contribution < 1.29 is 4.79 Å². The second-order valence-electron chi connectivity index (χ2n) is 4.60. The molecule has 1 aromatic rings. The van der Waals surface area contributed by atoms with Crippen LogP contribution in [0.25, 0.3) is 0 Å². The predicted molar refractivity (Wildman–Crippen MR) is 65.1 cm³/mol. The highest BCUT2D eigenvalue weighted by atomic mass is 16.1. The molecule has 2 rings (SSSR count). The highest BCUT2D eigenvalue weighted by Crippen LogP contribution is 2.33. The zero-order valence-corrected chi connectivity index (χ0v) is 9.61. The smallest absolute Gasteiger partial charge is 0.224 e. The van der Waals surface area contributed by atoms with E-state index in [0.717, 1.165) is 24.4 Å². The summed E-state index contributed by atoms with van der Waals surface area (Å²) in [6.45, 7) is 0.835. The topological polar surface area (TPSA) is 29.1 Å². The van der Waals surface area contributed by atoms with Crippen LogP contribution < -0.4 is 5.32 Å². The van der Waals surface area contributed by atoms with Gasteiger partial charge >= 0.3 is 0 Å². The third-order valence-corrected chi connectivity index (χ3v) is 3.02. The molecule has 1 saturated carbocycles. The van der Waals surface area contributed by atoms with Crippen molar-refractivity contribution >= 4 is 5.91 Å². The van der Waals surface area contributed by atoms with E-state index in [9.17, 15) is 4.79 Å². The highest BCUT2D eigenvalue weighted by Gasteiger charge is 2.19. The minimum Gasteiger partial charge on any atom is -0.356 e. The van der Waals surface area contributed by atoms with Gasteiger partial charge in [0.25, 0.3) is 0 Å². The molecule has 0 aliphatic heterocycles. The van der Waals surface area contributed by atoms with Crippen molar-refractivity contribution in [3.05, 3.63) is 35.9 Å². The van der Waals surface area contributed by atoms with E-state index < -0.39 is 0 Å².